The van der Waals surface area contributed by atoms with E-state index >= 15 is 0 Å². The van der Waals surface area contributed by atoms with Crippen LogP contribution in [0.4, 0.5) is 5.69 Å². The third-order valence-electron chi connectivity index (χ3n) is 2.80. The quantitative estimate of drug-likeness (QED) is 0.641. The molecule has 0 bridgehead atoms. The Labute approximate surface area is 128 Å². The lowest BCUT2D eigenvalue weighted by Gasteiger charge is -2.03. The van der Waals surface area contributed by atoms with E-state index in [9.17, 15) is 10.1 Å². The van der Waals surface area contributed by atoms with Crippen molar-refractivity contribution in [1.29, 1.82) is 5.26 Å². The molecule has 1 N–H and O–H groups in total. The van der Waals surface area contributed by atoms with Crippen molar-refractivity contribution in [3.8, 4) is 6.07 Å². The Morgan fingerprint density at radius 2 is 2.20 bits per heavy atom. The van der Waals surface area contributed by atoms with Gasteiger partial charge in [0.2, 0.25) is 0 Å². The van der Waals surface area contributed by atoms with Crippen LogP contribution in [0.3, 0.4) is 0 Å². The molecular weight excluding hydrogens is 317 g/mol. The summed E-state index contributed by atoms with van der Waals surface area (Å²) in [5.74, 6) is -0.379. The minimum absolute atomic E-state index is 0.217. The fraction of sp³-hybridized carbons (Fsp3) is 0. The number of hydrogen-bond acceptors (Lipinski definition) is 4. The zero-order valence-electron chi connectivity index (χ0n) is 9.78. The van der Waals surface area contributed by atoms with Gasteiger partial charge in [-0.3, -0.25) is 4.79 Å². The van der Waals surface area contributed by atoms with E-state index in [1.807, 2.05) is 6.07 Å². The number of benzene rings is 1. The van der Waals surface area contributed by atoms with Gasteiger partial charge in [0.15, 0.2) is 0 Å². The van der Waals surface area contributed by atoms with Crippen molar-refractivity contribution < 1.29 is 4.79 Å². The maximum absolute atomic E-state index is 12.1. The summed E-state index contributed by atoms with van der Waals surface area (Å²) in [5, 5.41) is 15.0. The number of rotatable bonds is 1. The standard InChI is InChI=1S/C13H5Cl2N3OS/c14-6-3-7-10(8(5-16)13-17-1-2-20-13)12(19)18-11(7)9(15)4-6/h1-4H,(H,18,19). The molecule has 1 aliphatic heterocycles. The van der Waals surface area contributed by atoms with Gasteiger partial charge in [0.1, 0.15) is 16.6 Å². The Kier molecular flexibility index (Phi) is 3.22. The van der Waals surface area contributed by atoms with Gasteiger partial charge in [-0.25, -0.2) is 4.98 Å². The first kappa shape index (κ1) is 13.1. The molecule has 0 aliphatic carbocycles. The number of hydrogen-bond donors (Lipinski definition) is 1. The molecule has 0 saturated carbocycles. The third-order valence-corrected chi connectivity index (χ3v) is 4.10. The maximum atomic E-state index is 12.1. The predicted molar refractivity (Wildman–Crippen MR) is 79.6 cm³/mol. The molecule has 1 aromatic heterocycles. The van der Waals surface area contributed by atoms with E-state index in [4.69, 9.17) is 23.2 Å². The van der Waals surface area contributed by atoms with E-state index in [0.717, 1.165) is 0 Å². The lowest BCUT2D eigenvalue weighted by atomic mass is 10.0. The molecule has 0 unspecified atom stereocenters. The molecule has 1 amide bonds. The molecule has 1 aliphatic rings. The summed E-state index contributed by atoms with van der Waals surface area (Å²) in [7, 11) is 0. The normalized spacial score (nSPS) is 15.6. The number of allylic oxidation sites excluding steroid dienone is 1. The number of nitriles is 1. The smallest absolute Gasteiger partial charge is 0.257 e. The van der Waals surface area contributed by atoms with Gasteiger partial charge in [0.05, 0.1) is 16.3 Å². The largest absolute Gasteiger partial charge is 0.320 e. The molecule has 7 heteroatoms. The number of nitrogens with one attached hydrogen (secondary N) is 1. The van der Waals surface area contributed by atoms with Crippen molar-refractivity contribution in [2.45, 2.75) is 0 Å². The second kappa shape index (κ2) is 4.91. The van der Waals surface area contributed by atoms with Crippen LogP contribution in [0.15, 0.2) is 23.7 Å². The number of carbonyl (C=O) groups is 1. The Balaban J connectivity index is 2.32. The van der Waals surface area contributed by atoms with E-state index in [1.165, 1.54) is 11.3 Å². The van der Waals surface area contributed by atoms with Crippen molar-refractivity contribution in [1.82, 2.24) is 4.98 Å². The van der Waals surface area contributed by atoms with E-state index in [2.05, 4.69) is 10.3 Å². The van der Waals surface area contributed by atoms with E-state index < -0.39 is 0 Å². The summed E-state index contributed by atoms with van der Waals surface area (Å²) < 4.78 is 0. The number of thiazole rings is 1. The zero-order chi connectivity index (χ0) is 14.3. The zero-order valence-corrected chi connectivity index (χ0v) is 12.1. The lowest BCUT2D eigenvalue weighted by Crippen LogP contribution is -2.05. The molecule has 0 atom stereocenters. The third kappa shape index (κ3) is 1.98. The summed E-state index contributed by atoms with van der Waals surface area (Å²) in [4.78, 5) is 16.2. The minimum atomic E-state index is -0.379. The summed E-state index contributed by atoms with van der Waals surface area (Å²) in [5.41, 5.74) is 1.47. The fourth-order valence-corrected chi connectivity index (χ4v) is 3.18. The molecule has 0 radical (unpaired) electrons. The van der Waals surface area contributed by atoms with Crippen molar-refractivity contribution in [2.24, 2.45) is 0 Å². The van der Waals surface area contributed by atoms with Crippen LogP contribution < -0.4 is 5.32 Å². The average molecular weight is 322 g/mol. The molecule has 3 rings (SSSR count). The first-order valence-electron chi connectivity index (χ1n) is 5.47. The van der Waals surface area contributed by atoms with Crippen molar-refractivity contribution in [3.05, 3.63) is 44.3 Å². The molecule has 4 nitrogen and oxygen atoms in total. The van der Waals surface area contributed by atoms with Crippen LogP contribution in [0.2, 0.25) is 10.0 Å². The van der Waals surface area contributed by atoms with Crippen LogP contribution in [-0.4, -0.2) is 10.9 Å². The van der Waals surface area contributed by atoms with E-state index in [-0.39, 0.29) is 17.1 Å². The van der Waals surface area contributed by atoms with Crippen LogP contribution in [0.5, 0.6) is 0 Å². The highest BCUT2D eigenvalue weighted by Crippen LogP contribution is 2.42. The van der Waals surface area contributed by atoms with Crippen molar-refractivity contribution in [3.63, 3.8) is 0 Å². The number of carbonyl (C=O) groups excluding carboxylic acids is 1. The Morgan fingerprint density at radius 3 is 2.85 bits per heavy atom. The molecular formula is C13H5Cl2N3OS. The Hall–Kier alpha value is -1.87. The molecule has 20 heavy (non-hydrogen) atoms. The van der Waals surface area contributed by atoms with Gasteiger partial charge in [0, 0.05) is 22.2 Å². The Bertz CT molecular complexity index is 791. The lowest BCUT2D eigenvalue weighted by molar-refractivity contribution is -0.110. The molecule has 0 saturated heterocycles. The van der Waals surface area contributed by atoms with Crippen LogP contribution in [0, 0.1) is 11.3 Å². The molecule has 1 aromatic carbocycles. The fourth-order valence-electron chi connectivity index (χ4n) is 2.00. The topological polar surface area (TPSA) is 65.8 Å². The summed E-state index contributed by atoms with van der Waals surface area (Å²) in [6.07, 6.45) is 1.58. The second-order valence-corrected chi connectivity index (χ2v) is 5.70. The SMILES string of the molecule is N#CC(=C1C(=O)Nc2c(Cl)cc(Cl)cc21)c1nccs1. The van der Waals surface area contributed by atoms with Gasteiger partial charge in [-0.15, -0.1) is 11.3 Å². The Morgan fingerprint density at radius 1 is 1.40 bits per heavy atom. The van der Waals surface area contributed by atoms with Gasteiger partial charge in [-0.05, 0) is 12.1 Å². The van der Waals surface area contributed by atoms with Gasteiger partial charge in [0.25, 0.3) is 5.91 Å². The second-order valence-electron chi connectivity index (χ2n) is 3.96. The van der Waals surface area contributed by atoms with E-state index in [1.54, 1.807) is 23.7 Å². The molecule has 2 heterocycles. The van der Waals surface area contributed by atoms with Gasteiger partial charge >= 0.3 is 0 Å². The van der Waals surface area contributed by atoms with Crippen molar-refractivity contribution in [2.75, 3.05) is 5.32 Å². The highest BCUT2D eigenvalue weighted by molar-refractivity contribution is 7.10. The number of aromatic nitrogens is 1. The van der Waals surface area contributed by atoms with Crippen LogP contribution >= 0.6 is 34.5 Å². The number of amides is 1. The van der Waals surface area contributed by atoms with Gasteiger partial charge in [-0.2, -0.15) is 5.26 Å². The van der Waals surface area contributed by atoms with Crippen LogP contribution in [-0.2, 0) is 4.79 Å². The van der Waals surface area contributed by atoms with Crippen LogP contribution in [0.1, 0.15) is 10.6 Å². The maximum Gasteiger partial charge on any atom is 0.257 e. The molecule has 0 spiro atoms. The predicted octanol–water partition coefficient (Wildman–Crippen LogP) is 3.84. The average Bonchev–Trinajstić information content (AvgIpc) is 3.01. The summed E-state index contributed by atoms with van der Waals surface area (Å²) >= 11 is 13.3. The van der Waals surface area contributed by atoms with Gasteiger partial charge in [-0.1, -0.05) is 23.2 Å². The summed E-state index contributed by atoms with van der Waals surface area (Å²) in [6, 6.07) is 5.19. The molecule has 2 aromatic rings. The number of anilines is 1. The molecule has 98 valence electrons. The van der Waals surface area contributed by atoms with Gasteiger partial charge < -0.3 is 5.32 Å². The summed E-state index contributed by atoms with van der Waals surface area (Å²) in [6.45, 7) is 0. The minimum Gasteiger partial charge on any atom is -0.320 e. The molecule has 0 fully saturated rings. The highest BCUT2D eigenvalue weighted by Gasteiger charge is 2.31. The van der Waals surface area contributed by atoms with Crippen molar-refractivity contribution >= 4 is 57.3 Å². The highest BCUT2D eigenvalue weighted by atomic mass is 35.5. The van der Waals surface area contributed by atoms with Crippen LogP contribution in [0.25, 0.3) is 11.1 Å². The first-order valence-corrected chi connectivity index (χ1v) is 7.10. The van der Waals surface area contributed by atoms with E-state index in [0.29, 0.717) is 26.3 Å². The monoisotopic (exact) mass is 321 g/mol. The number of nitrogens with zero attached hydrogens (tertiary/aromatic N) is 2. The first-order chi connectivity index (χ1) is 9.61. The number of halogens is 2. The number of fused-ring (bicyclic) bond motifs is 1.